The minimum absolute atomic E-state index is 0.0906. The van der Waals surface area contributed by atoms with Crippen LogP contribution in [0.2, 0.25) is 0 Å². The van der Waals surface area contributed by atoms with Crippen molar-refractivity contribution in [3.8, 4) is 0 Å². The van der Waals surface area contributed by atoms with Crippen molar-refractivity contribution in [3.63, 3.8) is 0 Å². The first kappa shape index (κ1) is 16.4. The maximum atomic E-state index is 11.3. The zero-order valence-corrected chi connectivity index (χ0v) is 12.7. The molecule has 5 heteroatoms. The molecule has 1 unspecified atom stereocenters. The second-order valence-electron chi connectivity index (χ2n) is 6.12. The molecule has 1 atom stereocenters. The monoisotopic (exact) mass is 272 g/mol. The van der Waals surface area contributed by atoms with Crippen molar-refractivity contribution in [2.45, 2.75) is 45.8 Å². The van der Waals surface area contributed by atoms with Crippen LogP contribution in [-0.2, 0) is 9.53 Å². The maximum Gasteiger partial charge on any atom is 0.308 e. The summed E-state index contributed by atoms with van der Waals surface area (Å²) in [7, 11) is 0. The van der Waals surface area contributed by atoms with E-state index in [-0.39, 0.29) is 17.9 Å². The number of β-amino-alcohol motifs (C(OH)–C–C–N with tert-alkyl or cyclic N) is 1. The van der Waals surface area contributed by atoms with Gasteiger partial charge in [0.25, 0.3) is 0 Å². The van der Waals surface area contributed by atoms with Crippen LogP contribution in [0.1, 0.15) is 34.1 Å². The molecule has 1 saturated heterocycles. The molecule has 5 nitrogen and oxygen atoms in total. The number of esters is 1. The number of carbonyl (C=O) groups excluding carboxylic acids is 1. The number of piperazine rings is 1. The molecule has 0 aromatic carbocycles. The minimum atomic E-state index is -0.625. The molecule has 1 fully saturated rings. The predicted molar refractivity (Wildman–Crippen MR) is 75.0 cm³/mol. The fourth-order valence-electron chi connectivity index (χ4n) is 2.38. The van der Waals surface area contributed by atoms with Gasteiger partial charge >= 0.3 is 5.97 Å². The Labute approximate surface area is 116 Å². The van der Waals surface area contributed by atoms with E-state index in [2.05, 4.69) is 30.6 Å². The smallest absolute Gasteiger partial charge is 0.308 e. The quantitative estimate of drug-likeness (QED) is 0.747. The van der Waals surface area contributed by atoms with Crippen LogP contribution in [0.25, 0.3) is 0 Å². The van der Waals surface area contributed by atoms with E-state index in [9.17, 15) is 9.90 Å². The van der Waals surface area contributed by atoms with E-state index in [0.29, 0.717) is 13.2 Å². The average molecular weight is 272 g/mol. The third kappa shape index (κ3) is 5.89. The summed E-state index contributed by atoms with van der Waals surface area (Å²) in [5, 5.41) is 9.87. The highest BCUT2D eigenvalue weighted by Gasteiger charge is 2.26. The first-order chi connectivity index (χ1) is 8.82. The first-order valence-electron chi connectivity index (χ1n) is 7.14. The number of carbonyl (C=O) groups is 1. The van der Waals surface area contributed by atoms with Crippen molar-refractivity contribution in [2.24, 2.45) is 0 Å². The summed E-state index contributed by atoms with van der Waals surface area (Å²) in [4.78, 5) is 15.9. The number of ether oxygens (including phenoxy) is 1. The normalized spacial score (nSPS) is 20.3. The van der Waals surface area contributed by atoms with E-state index in [1.165, 1.54) is 0 Å². The van der Waals surface area contributed by atoms with Crippen molar-refractivity contribution in [2.75, 3.05) is 39.3 Å². The number of rotatable bonds is 5. The molecule has 0 spiro atoms. The average Bonchev–Trinajstić information content (AvgIpc) is 2.28. The molecule has 1 aliphatic heterocycles. The zero-order chi connectivity index (χ0) is 14.5. The highest BCUT2D eigenvalue weighted by Crippen LogP contribution is 2.16. The van der Waals surface area contributed by atoms with Crippen molar-refractivity contribution in [1.29, 1.82) is 0 Å². The molecule has 1 aliphatic rings. The molecule has 19 heavy (non-hydrogen) atoms. The molecule has 0 aliphatic carbocycles. The van der Waals surface area contributed by atoms with Gasteiger partial charge < -0.3 is 9.84 Å². The van der Waals surface area contributed by atoms with Gasteiger partial charge in [-0.15, -0.1) is 0 Å². The lowest BCUT2D eigenvalue weighted by atomic mass is 10.0. The molecule has 0 radical (unpaired) electrons. The molecule has 0 aromatic heterocycles. The number of hydrogen-bond acceptors (Lipinski definition) is 5. The lowest BCUT2D eigenvalue weighted by molar-refractivity contribution is -0.145. The van der Waals surface area contributed by atoms with E-state index in [1.807, 2.05) is 0 Å². The summed E-state index contributed by atoms with van der Waals surface area (Å²) >= 11 is 0. The highest BCUT2D eigenvalue weighted by molar-refractivity contribution is 5.69. The Morgan fingerprint density at radius 2 is 1.84 bits per heavy atom. The van der Waals surface area contributed by atoms with E-state index in [1.54, 1.807) is 6.92 Å². The van der Waals surface area contributed by atoms with E-state index < -0.39 is 6.10 Å². The van der Waals surface area contributed by atoms with Crippen LogP contribution in [0.15, 0.2) is 0 Å². The summed E-state index contributed by atoms with van der Waals surface area (Å²) < 4.78 is 4.84. The van der Waals surface area contributed by atoms with E-state index in [4.69, 9.17) is 4.74 Å². The van der Waals surface area contributed by atoms with Gasteiger partial charge in [0.1, 0.15) is 0 Å². The lowest BCUT2D eigenvalue weighted by Gasteiger charge is -2.42. The van der Waals surface area contributed by atoms with Gasteiger partial charge in [0.2, 0.25) is 0 Å². The standard InChI is InChI=1S/C14H28N2O3/c1-5-19-13(18)10-12(17)11-15-6-8-16(9-7-15)14(2,3)4/h12,17H,5-11H2,1-4H3. The van der Waals surface area contributed by atoms with Gasteiger partial charge in [0.15, 0.2) is 0 Å². The zero-order valence-electron chi connectivity index (χ0n) is 12.7. The number of aliphatic hydroxyl groups is 1. The Hall–Kier alpha value is -0.650. The fraction of sp³-hybridized carbons (Fsp3) is 0.929. The molecular weight excluding hydrogens is 244 g/mol. The van der Waals surface area contributed by atoms with Gasteiger partial charge in [-0.3, -0.25) is 14.6 Å². The molecular formula is C14H28N2O3. The Morgan fingerprint density at radius 1 is 1.26 bits per heavy atom. The van der Waals surface area contributed by atoms with Crippen LogP contribution in [0.4, 0.5) is 0 Å². The molecule has 0 aromatic rings. The Morgan fingerprint density at radius 3 is 2.32 bits per heavy atom. The fourth-order valence-corrected chi connectivity index (χ4v) is 2.38. The minimum Gasteiger partial charge on any atom is -0.466 e. The summed E-state index contributed by atoms with van der Waals surface area (Å²) in [6.07, 6.45) is -0.534. The topological polar surface area (TPSA) is 53.0 Å². The second kappa shape index (κ2) is 7.22. The number of hydrogen-bond donors (Lipinski definition) is 1. The Bertz CT molecular complexity index is 281. The SMILES string of the molecule is CCOC(=O)CC(O)CN1CCN(C(C)(C)C)CC1. The summed E-state index contributed by atoms with van der Waals surface area (Å²) in [6, 6.07) is 0. The summed E-state index contributed by atoms with van der Waals surface area (Å²) in [5.41, 5.74) is 0.204. The Balaban J connectivity index is 2.27. The van der Waals surface area contributed by atoms with Crippen LogP contribution in [0.5, 0.6) is 0 Å². The Kier molecular flexibility index (Phi) is 6.23. The van der Waals surface area contributed by atoms with Crippen LogP contribution >= 0.6 is 0 Å². The molecule has 1 rings (SSSR count). The van der Waals surface area contributed by atoms with Crippen LogP contribution < -0.4 is 0 Å². The first-order valence-corrected chi connectivity index (χ1v) is 7.14. The summed E-state index contributed by atoms with van der Waals surface area (Å²) in [5.74, 6) is -0.316. The van der Waals surface area contributed by atoms with Crippen molar-refractivity contribution in [3.05, 3.63) is 0 Å². The van der Waals surface area contributed by atoms with Gasteiger partial charge in [-0.25, -0.2) is 0 Å². The van der Waals surface area contributed by atoms with Crippen molar-refractivity contribution < 1.29 is 14.6 Å². The lowest BCUT2D eigenvalue weighted by Crippen LogP contribution is -2.54. The van der Waals surface area contributed by atoms with Crippen LogP contribution in [0, 0.1) is 0 Å². The molecule has 0 bridgehead atoms. The molecule has 1 heterocycles. The van der Waals surface area contributed by atoms with E-state index in [0.717, 1.165) is 26.2 Å². The highest BCUT2D eigenvalue weighted by atomic mass is 16.5. The predicted octanol–water partition coefficient (Wildman–Crippen LogP) is 0.717. The third-order valence-electron chi connectivity index (χ3n) is 3.50. The van der Waals surface area contributed by atoms with Gasteiger partial charge in [0.05, 0.1) is 19.1 Å². The second-order valence-corrected chi connectivity index (χ2v) is 6.12. The molecule has 0 saturated carbocycles. The van der Waals surface area contributed by atoms with Crippen molar-refractivity contribution >= 4 is 5.97 Å². The number of nitrogens with zero attached hydrogens (tertiary/aromatic N) is 2. The van der Waals surface area contributed by atoms with Crippen LogP contribution in [-0.4, -0.2) is 71.8 Å². The van der Waals surface area contributed by atoms with Gasteiger partial charge in [-0.2, -0.15) is 0 Å². The van der Waals surface area contributed by atoms with Gasteiger partial charge in [-0.05, 0) is 27.7 Å². The molecule has 112 valence electrons. The molecule has 1 N–H and O–H groups in total. The van der Waals surface area contributed by atoms with Crippen LogP contribution in [0.3, 0.4) is 0 Å². The van der Waals surface area contributed by atoms with Gasteiger partial charge in [0, 0.05) is 38.3 Å². The van der Waals surface area contributed by atoms with E-state index >= 15 is 0 Å². The van der Waals surface area contributed by atoms with Crippen molar-refractivity contribution in [1.82, 2.24) is 9.80 Å². The third-order valence-corrected chi connectivity index (χ3v) is 3.50. The van der Waals surface area contributed by atoms with Gasteiger partial charge in [-0.1, -0.05) is 0 Å². The molecule has 0 amide bonds. The maximum absolute atomic E-state index is 11.3. The summed E-state index contributed by atoms with van der Waals surface area (Å²) in [6.45, 7) is 13.3. The number of aliphatic hydroxyl groups excluding tert-OH is 1. The largest absolute Gasteiger partial charge is 0.466 e.